The zero-order valence-corrected chi connectivity index (χ0v) is 11.5. The normalized spacial score (nSPS) is 10.6. The fraction of sp³-hybridized carbons (Fsp3) is 0.625. The van der Waals surface area contributed by atoms with Gasteiger partial charge in [0.25, 0.3) is 0 Å². The van der Waals surface area contributed by atoms with Crippen molar-refractivity contribution in [3.63, 3.8) is 0 Å². The van der Waals surface area contributed by atoms with Gasteiger partial charge in [-0.15, -0.1) is 0 Å². The second-order valence-corrected chi connectivity index (χ2v) is 4.78. The maximum Gasteiger partial charge on any atom is 0.123 e. The number of unbranched alkanes of at least 4 members (excludes halogenated alkanes) is 7. The van der Waals surface area contributed by atoms with E-state index in [4.69, 9.17) is 4.74 Å². The zero-order valence-electron chi connectivity index (χ0n) is 11.5. The minimum atomic E-state index is -0.213. The smallest absolute Gasteiger partial charge is 0.123 e. The van der Waals surface area contributed by atoms with Gasteiger partial charge in [0.15, 0.2) is 0 Å². The Balaban J connectivity index is 1.91. The molecule has 0 amide bonds. The molecule has 102 valence electrons. The van der Waals surface area contributed by atoms with E-state index in [2.05, 4.69) is 6.92 Å². The average molecular weight is 252 g/mol. The highest BCUT2D eigenvalue weighted by Gasteiger charge is 1.95. The lowest BCUT2D eigenvalue weighted by Gasteiger charge is -2.05. The molecule has 0 bridgehead atoms. The largest absolute Gasteiger partial charge is 0.494 e. The monoisotopic (exact) mass is 252 g/mol. The number of rotatable bonds is 10. The van der Waals surface area contributed by atoms with E-state index in [1.807, 2.05) is 0 Å². The first-order valence-electron chi connectivity index (χ1n) is 7.21. The maximum atomic E-state index is 12.6. The molecule has 0 aliphatic heterocycles. The van der Waals surface area contributed by atoms with E-state index in [-0.39, 0.29) is 5.82 Å². The molecule has 0 unspecified atom stereocenters. The van der Waals surface area contributed by atoms with Crippen LogP contribution in [0.2, 0.25) is 0 Å². The van der Waals surface area contributed by atoms with Crippen molar-refractivity contribution in [2.75, 3.05) is 6.61 Å². The third-order valence-corrected chi connectivity index (χ3v) is 3.08. The van der Waals surface area contributed by atoms with E-state index in [1.54, 1.807) is 12.1 Å². The molecule has 1 aromatic rings. The molecule has 0 aliphatic rings. The fourth-order valence-electron chi connectivity index (χ4n) is 1.96. The molecule has 2 heteroatoms. The van der Waals surface area contributed by atoms with Gasteiger partial charge in [0, 0.05) is 0 Å². The Labute approximate surface area is 110 Å². The Morgan fingerprint density at radius 2 is 1.39 bits per heavy atom. The van der Waals surface area contributed by atoms with Crippen molar-refractivity contribution < 1.29 is 9.13 Å². The van der Waals surface area contributed by atoms with Crippen LogP contribution in [0.3, 0.4) is 0 Å². The Hall–Kier alpha value is -1.05. The molecule has 0 aromatic heterocycles. The van der Waals surface area contributed by atoms with Crippen LogP contribution in [0, 0.1) is 5.82 Å². The summed E-state index contributed by atoms with van der Waals surface area (Å²) in [6.45, 7) is 2.98. The van der Waals surface area contributed by atoms with Crippen LogP contribution in [0.1, 0.15) is 58.3 Å². The van der Waals surface area contributed by atoms with Crippen LogP contribution in [0.5, 0.6) is 5.75 Å². The van der Waals surface area contributed by atoms with Gasteiger partial charge in [0.1, 0.15) is 11.6 Å². The zero-order chi connectivity index (χ0) is 13.1. The quantitative estimate of drug-likeness (QED) is 0.510. The van der Waals surface area contributed by atoms with Gasteiger partial charge >= 0.3 is 0 Å². The highest BCUT2D eigenvalue weighted by molar-refractivity contribution is 5.21. The second-order valence-electron chi connectivity index (χ2n) is 4.78. The molecule has 0 aliphatic carbocycles. The van der Waals surface area contributed by atoms with Gasteiger partial charge in [-0.1, -0.05) is 51.9 Å². The summed E-state index contributed by atoms with van der Waals surface area (Å²) < 4.78 is 18.2. The van der Waals surface area contributed by atoms with Gasteiger partial charge in [0.2, 0.25) is 0 Å². The van der Waals surface area contributed by atoms with Crippen LogP contribution in [0.25, 0.3) is 0 Å². The van der Waals surface area contributed by atoms with E-state index < -0.39 is 0 Å². The number of ether oxygens (including phenoxy) is 1. The summed E-state index contributed by atoms with van der Waals surface area (Å²) in [4.78, 5) is 0. The summed E-state index contributed by atoms with van der Waals surface area (Å²) in [5, 5.41) is 0. The molecule has 1 aromatic carbocycles. The summed E-state index contributed by atoms with van der Waals surface area (Å²) in [5.74, 6) is 0.550. The lowest BCUT2D eigenvalue weighted by atomic mass is 10.1. The standard InChI is InChI=1S/C16H25FO/c1-2-3-4-5-6-7-8-9-14-18-16-12-10-15(17)11-13-16/h10-13H,2-9,14H2,1H3. The van der Waals surface area contributed by atoms with Crippen LogP contribution in [0.4, 0.5) is 4.39 Å². The Morgan fingerprint density at radius 1 is 0.833 bits per heavy atom. The maximum absolute atomic E-state index is 12.6. The summed E-state index contributed by atoms with van der Waals surface area (Å²) >= 11 is 0. The molecule has 0 spiro atoms. The van der Waals surface area contributed by atoms with Gasteiger partial charge < -0.3 is 4.74 Å². The van der Waals surface area contributed by atoms with E-state index >= 15 is 0 Å². The van der Waals surface area contributed by atoms with Crippen molar-refractivity contribution in [3.05, 3.63) is 30.1 Å². The predicted octanol–water partition coefficient (Wildman–Crippen LogP) is 5.35. The molecule has 1 nitrogen and oxygen atoms in total. The Morgan fingerprint density at radius 3 is 2.00 bits per heavy atom. The molecule has 0 atom stereocenters. The number of halogens is 1. The fourth-order valence-corrected chi connectivity index (χ4v) is 1.96. The van der Waals surface area contributed by atoms with Crippen LogP contribution < -0.4 is 4.74 Å². The Bertz CT molecular complexity index is 294. The first kappa shape index (κ1) is 15.0. The van der Waals surface area contributed by atoms with Gasteiger partial charge in [-0.25, -0.2) is 4.39 Å². The first-order valence-corrected chi connectivity index (χ1v) is 7.21. The minimum Gasteiger partial charge on any atom is -0.494 e. The Kier molecular flexibility index (Phi) is 8.28. The SMILES string of the molecule is CCCCCCCCCCOc1ccc(F)cc1. The van der Waals surface area contributed by atoms with Crippen molar-refractivity contribution >= 4 is 0 Å². The molecule has 0 N–H and O–H groups in total. The number of benzene rings is 1. The highest BCUT2D eigenvalue weighted by Crippen LogP contribution is 2.12. The van der Waals surface area contributed by atoms with Crippen LogP contribution in [0.15, 0.2) is 24.3 Å². The highest BCUT2D eigenvalue weighted by atomic mass is 19.1. The van der Waals surface area contributed by atoms with E-state index in [0.717, 1.165) is 18.8 Å². The summed E-state index contributed by atoms with van der Waals surface area (Å²) in [6, 6.07) is 6.23. The van der Waals surface area contributed by atoms with Crippen molar-refractivity contribution in [3.8, 4) is 5.75 Å². The summed E-state index contributed by atoms with van der Waals surface area (Å²) in [7, 11) is 0. The average Bonchev–Trinajstić information content (AvgIpc) is 2.39. The van der Waals surface area contributed by atoms with Gasteiger partial charge in [-0.2, -0.15) is 0 Å². The predicted molar refractivity (Wildman–Crippen MR) is 74.5 cm³/mol. The molecule has 0 saturated carbocycles. The van der Waals surface area contributed by atoms with E-state index in [0.29, 0.717) is 0 Å². The lowest BCUT2D eigenvalue weighted by Crippen LogP contribution is -1.97. The summed E-state index contributed by atoms with van der Waals surface area (Å²) in [5.41, 5.74) is 0. The van der Waals surface area contributed by atoms with Crippen LogP contribution in [-0.4, -0.2) is 6.61 Å². The molecule has 0 heterocycles. The summed E-state index contributed by atoms with van der Waals surface area (Å²) in [6.07, 6.45) is 10.4. The molecule has 0 saturated heterocycles. The topological polar surface area (TPSA) is 9.23 Å². The minimum absolute atomic E-state index is 0.213. The van der Waals surface area contributed by atoms with Crippen LogP contribution >= 0.6 is 0 Å². The number of hydrogen-bond acceptors (Lipinski definition) is 1. The molecule has 1 rings (SSSR count). The molecular formula is C16H25FO. The first-order chi connectivity index (χ1) is 8.83. The third kappa shape index (κ3) is 7.31. The molecule has 18 heavy (non-hydrogen) atoms. The van der Waals surface area contributed by atoms with Gasteiger partial charge in [-0.05, 0) is 30.7 Å². The van der Waals surface area contributed by atoms with Crippen molar-refractivity contribution in [2.24, 2.45) is 0 Å². The lowest BCUT2D eigenvalue weighted by molar-refractivity contribution is 0.304. The van der Waals surface area contributed by atoms with Gasteiger partial charge in [-0.3, -0.25) is 0 Å². The molecular weight excluding hydrogens is 227 g/mol. The molecule has 0 radical (unpaired) electrons. The van der Waals surface area contributed by atoms with Crippen molar-refractivity contribution in [1.82, 2.24) is 0 Å². The van der Waals surface area contributed by atoms with E-state index in [9.17, 15) is 4.39 Å². The van der Waals surface area contributed by atoms with Gasteiger partial charge in [0.05, 0.1) is 6.61 Å². The molecule has 0 fully saturated rings. The van der Waals surface area contributed by atoms with Crippen molar-refractivity contribution in [1.29, 1.82) is 0 Å². The number of hydrogen-bond donors (Lipinski definition) is 0. The van der Waals surface area contributed by atoms with Crippen LogP contribution in [-0.2, 0) is 0 Å². The third-order valence-electron chi connectivity index (χ3n) is 3.08. The second kappa shape index (κ2) is 9.93. The van der Waals surface area contributed by atoms with E-state index in [1.165, 1.54) is 57.1 Å². The van der Waals surface area contributed by atoms with Crippen molar-refractivity contribution in [2.45, 2.75) is 58.3 Å².